The fraction of sp³-hybridized carbons (Fsp3) is 0.0500. The van der Waals surface area contributed by atoms with Crippen LogP contribution in [0.1, 0.15) is 30.0 Å². The number of benzene rings is 9. The maximum Gasteiger partial charge on any atom is 0.148 e. The molecular formula is C60H41N5. The van der Waals surface area contributed by atoms with E-state index in [0.717, 1.165) is 69.3 Å². The molecule has 4 heterocycles. The highest BCUT2D eigenvalue weighted by atomic mass is 15.1. The number of aliphatic imine (C=N–C) groups is 1. The topological polar surface area (TPSA) is 39.2 Å². The van der Waals surface area contributed by atoms with Crippen LogP contribution in [0.5, 0.6) is 0 Å². The Morgan fingerprint density at radius 2 is 1.12 bits per heavy atom. The fourth-order valence-corrected chi connectivity index (χ4v) is 11.1. The summed E-state index contributed by atoms with van der Waals surface area (Å²) >= 11 is 0. The lowest BCUT2D eigenvalue weighted by Gasteiger charge is -2.18. The summed E-state index contributed by atoms with van der Waals surface area (Å²) in [7, 11) is 0. The van der Waals surface area contributed by atoms with Crippen molar-refractivity contribution in [1.29, 1.82) is 0 Å². The largest absolute Gasteiger partial charge is 0.357 e. The Kier molecular flexibility index (Phi) is 7.66. The Hall–Kier alpha value is -8.41. The summed E-state index contributed by atoms with van der Waals surface area (Å²) < 4.78 is 7.29. The first-order chi connectivity index (χ1) is 32.2. The molecule has 3 aromatic heterocycles. The van der Waals surface area contributed by atoms with Gasteiger partial charge in [0.05, 0.1) is 44.5 Å². The van der Waals surface area contributed by atoms with Gasteiger partial charge in [-0.3, -0.25) is 4.57 Å². The van der Waals surface area contributed by atoms with Crippen molar-refractivity contribution in [2.24, 2.45) is 4.99 Å². The molecule has 0 bridgehead atoms. The lowest BCUT2D eigenvalue weighted by Crippen LogP contribution is -2.16. The first-order valence-electron chi connectivity index (χ1n) is 22.6. The summed E-state index contributed by atoms with van der Waals surface area (Å²) in [5.41, 5.74) is 17.1. The Bertz CT molecular complexity index is 4090. The number of aryl methyl sites for hydroxylation is 1. The number of hydrogen-bond acceptors (Lipinski definition) is 2. The number of nitrogens with zero attached hydrogens (tertiary/aromatic N) is 4. The maximum absolute atomic E-state index is 5.71. The average Bonchev–Trinajstić information content (AvgIpc) is 3.95. The smallest absolute Gasteiger partial charge is 0.148 e. The van der Waals surface area contributed by atoms with E-state index in [2.05, 4.69) is 226 Å². The van der Waals surface area contributed by atoms with Crippen LogP contribution in [0.4, 0.5) is 11.4 Å². The number of para-hydroxylation sites is 5. The molecule has 1 aliphatic heterocycles. The van der Waals surface area contributed by atoms with Gasteiger partial charge in [-0.15, -0.1) is 0 Å². The predicted molar refractivity (Wildman–Crippen MR) is 275 cm³/mol. The van der Waals surface area contributed by atoms with Gasteiger partial charge in [0, 0.05) is 55.0 Å². The van der Waals surface area contributed by atoms with E-state index in [4.69, 9.17) is 4.99 Å². The molecule has 0 amide bonds. The average molecular weight is 832 g/mol. The lowest BCUT2D eigenvalue weighted by molar-refractivity contribution is 0.990. The van der Waals surface area contributed by atoms with Gasteiger partial charge in [-0.25, -0.2) is 4.99 Å². The number of rotatable bonds is 3. The first-order valence-corrected chi connectivity index (χ1v) is 22.6. The van der Waals surface area contributed by atoms with Crippen LogP contribution in [0.3, 0.4) is 0 Å². The molecule has 306 valence electrons. The summed E-state index contributed by atoms with van der Waals surface area (Å²) in [6.07, 6.45) is 6.76. The number of hydrogen-bond donors (Lipinski definition) is 1. The van der Waals surface area contributed by atoms with E-state index < -0.39 is 0 Å². The van der Waals surface area contributed by atoms with Crippen LogP contribution in [-0.2, 0) is 6.42 Å². The zero-order valence-electron chi connectivity index (χ0n) is 35.8. The summed E-state index contributed by atoms with van der Waals surface area (Å²) in [5.74, 6) is 0.891. The molecule has 1 N–H and O–H groups in total. The van der Waals surface area contributed by atoms with Crippen molar-refractivity contribution in [3.05, 3.63) is 217 Å². The lowest BCUT2D eigenvalue weighted by atomic mass is 9.93. The highest BCUT2D eigenvalue weighted by Gasteiger charge is 2.27. The molecule has 5 nitrogen and oxygen atoms in total. The minimum Gasteiger partial charge on any atom is -0.357 e. The van der Waals surface area contributed by atoms with Gasteiger partial charge >= 0.3 is 0 Å². The normalized spacial score (nSPS) is 13.9. The van der Waals surface area contributed by atoms with E-state index in [1.807, 2.05) is 0 Å². The minimum absolute atomic E-state index is 0.891. The zero-order chi connectivity index (χ0) is 42.8. The van der Waals surface area contributed by atoms with Gasteiger partial charge in [-0.2, -0.15) is 0 Å². The van der Waals surface area contributed by atoms with Crippen LogP contribution >= 0.6 is 0 Å². The number of fused-ring (bicyclic) bond motifs is 13. The van der Waals surface area contributed by atoms with E-state index in [1.165, 1.54) is 76.3 Å². The molecule has 12 aromatic rings. The number of aromatic nitrogens is 3. The Balaban J connectivity index is 1.06. The van der Waals surface area contributed by atoms with Crippen molar-refractivity contribution < 1.29 is 0 Å². The van der Waals surface area contributed by atoms with Crippen molar-refractivity contribution in [3.8, 4) is 11.4 Å². The van der Waals surface area contributed by atoms with Gasteiger partial charge in [0.1, 0.15) is 5.84 Å². The van der Waals surface area contributed by atoms with Gasteiger partial charge in [0.15, 0.2) is 0 Å². The monoisotopic (exact) mass is 831 g/mol. The Labute approximate surface area is 375 Å². The van der Waals surface area contributed by atoms with Crippen LogP contribution in [0.2, 0.25) is 0 Å². The zero-order valence-corrected chi connectivity index (χ0v) is 35.8. The van der Waals surface area contributed by atoms with Gasteiger partial charge in [-0.1, -0.05) is 115 Å². The van der Waals surface area contributed by atoms with Gasteiger partial charge < -0.3 is 14.5 Å². The molecule has 14 rings (SSSR count). The van der Waals surface area contributed by atoms with E-state index in [-0.39, 0.29) is 0 Å². The third kappa shape index (κ3) is 5.30. The summed E-state index contributed by atoms with van der Waals surface area (Å²) in [4.78, 5) is 5.71. The van der Waals surface area contributed by atoms with Crippen molar-refractivity contribution >= 4 is 105 Å². The molecule has 1 aliphatic carbocycles. The molecule has 0 fully saturated rings. The van der Waals surface area contributed by atoms with Crippen molar-refractivity contribution in [1.82, 2.24) is 13.7 Å². The summed E-state index contributed by atoms with van der Waals surface area (Å²) in [5, 5.41) is 13.7. The third-order valence-corrected chi connectivity index (χ3v) is 13.9. The molecule has 0 spiro atoms. The maximum atomic E-state index is 5.71. The number of allylic oxidation sites excluding steroid dienone is 3. The summed E-state index contributed by atoms with van der Waals surface area (Å²) in [6.45, 7) is 2.20. The van der Waals surface area contributed by atoms with E-state index in [0.29, 0.717) is 0 Å². The summed E-state index contributed by atoms with van der Waals surface area (Å²) in [6, 6.07) is 68.9. The van der Waals surface area contributed by atoms with Gasteiger partial charge in [0.2, 0.25) is 0 Å². The second kappa shape index (κ2) is 13.8. The Morgan fingerprint density at radius 3 is 1.95 bits per heavy atom. The fourth-order valence-electron chi connectivity index (χ4n) is 11.1. The molecule has 0 unspecified atom stereocenters. The quantitative estimate of drug-likeness (QED) is 0.189. The molecule has 9 aromatic carbocycles. The standard InChI is InChI=1S/C60H41N5/c1-37-58(41-28-30-54-47(34-41)45-21-9-13-25-52(45)63(54)42-18-3-2-4-19-42)60(62-51-24-12-11-23-50(51)61-37)65-55-32-29-43(36-49(55)59-44-20-8-7-15-38(44)27-31-56(59)65)64-53-26-14-10-22-46(53)48-33-39-16-5-6-17-40(39)35-57(48)64/h2-6,8-14,16-36,61H,7,15H2,1H3. The predicted octanol–water partition coefficient (Wildman–Crippen LogP) is 15.5. The molecule has 2 aliphatic rings. The highest BCUT2D eigenvalue weighted by molar-refractivity contribution is 6.32. The molecule has 0 saturated heterocycles. The van der Waals surface area contributed by atoms with Crippen LogP contribution < -0.4 is 5.32 Å². The number of nitrogens with one attached hydrogen (secondary N) is 1. The molecule has 5 heteroatoms. The van der Waals surface area contributed by atoms with Crippen LogP contribution in [0.15, 0.2) is 205 Å². The van der Waals surface area contributed by atoms with E-state index in [1.54, 1.807) is 0 Å². The van der Waals surface area contributed by atoms with Gasteiger partial charge in [-0.05, 0) is 132 Å². The van der Waals surface area contributed by atoms with E-state index in [9.17, 15) is 0 Å². The van der Waals surface area contributed by atoms with Crippen LogP contribution in [0, 0.1) is 0 Å². The van der Waals surface area contributed by atoms with Crippen LogP contribution in [-0.4, -0.2) is 19.5 Å². The second-order valence-corrected chi connectivity index (χ2v) is 17.6. The van der Waals surface area contributed by atoms with E-state index >= 15 is 0 Å². The van der Waals surface area contributed by atoms with Gasteiger partial charge in [0.25, 0.3) is 0 Å². The molecule has 0 saturated carbocycles. The SMILES string of the molecule is CC1=C(c2ccc3c(c2)c2ccccc2n3-c2ccccc2)C(n2c3ccc(-n4c5ccccc5c5cc6ccccc6cc54)cc3c3c4c(ccc32)CCC=C4)=Nc2ccccc2N1. The van der Waals surface area contributed by atoms with Crippen molar-refractivity contribution in [2.75, 3.05) is 5.32 Å². The first kappa shape index (κ1) is 36.1. The third-order valence-electron chi connectivity index (χ3n) is 13.9. The van der Waals surface area contributed by atoms with Crippen molar-refractivity contribution in [2.45, 2.75) is 19.8 Å². The molecule has 0 atom stereocenters. The highest BCUT2D eigenvalue weighted by Crippen LogP contribution is 2.44. The molecule has 0 radical (unpaired) electrons. The van der Waals surface area contributed by atoms with Crippen molar-refractivity contribution in [3.63, 3.8) is 0 Å². The molecular weight excluding hydrogens is 791 g/mol. The molecule has 65 heavy (non-hydrogen) atoms. The second-order valence-electron chi connectivity index (χ2n) is 17.6. The minimum atomic E-state index is 0.891. The number of anilines is 1. The Morgan fingerprint density at radius 1 is 0.477 bits per heavy atom. The van der Waals surface area contributed by atoms with Crippen LogP contribution in [0.25, 0.3) is 99.2 Å².